The third-order valence-electron chi connectivity index (χ3n) is 2.62. The first-order valence-corrected chi connectivity index (χ1v) is 4.89. The molecule has 2 amide bonds. The fraction of sp³-hybridized carbons (Fsp3) is 0. The second kappa shape index (κ2) is 4.07. The molecule has 0 atom stereocenters. The number of carbonyl (C=O) groups is 2. The molecule has 0 saturated heterocycles. The van der Waals surface area contributed by atoms with Crippen LogP contribution in [0.15, 0.2) is 42.6 Å². The summed E-state index contributed by atoms with van der Waals surface area (Å²) in [5, 5.41) is 0.868. The summed E-state index contributed by atoms with van der Waals surface area (Å²) >= 11 is 0. The first kappa shape index (κ1) is 11.4. The number of nitrogens with zero attached hydrogens (tertiary/aromatic N) is 1. The van der Waals surface area contributed by atoms with Crippen LogP contribution in [-0.2, 0) is 9.59 Å². The fourth-order valence-electron chi connectivity index (χ4n) is 1.88. The Hall–Kier alpha value is -2.07. The van der Waals surface area contributed by atoms with E-state index in [4.69, 9.17) is 0 Å². The van der Waals surface area contributed by atoms with E-state index in [-0.39, 0.29) is 24.2 Å². The van der Waals surface area contributed by atoms with Crippen LogP contribution in [0.2, 0.25) is 0 Å². The Balaban J connectivity index is 0.00000108. The summed E-state index contributed by atoms with van der Waals surface area (Å²) in [4.78, 5) is 27.3. The molecule has 3 rings (SSSR count). The van der Waals surface area contributed by atoms with Crippen molar-refractivity contribution < 1.29 is 9.59 Å². The number of hydrogen-bond acceptors (Lipinski definition) is 2. The van der Waals surface area contributed by atoms with Gasteiger partial charge in [0.2, 0.25) is 0 Å². The predicted molar refractivity (Wildman–Crippen MR) is 67.2 cm³/mol. The minimum Gasteiger partial charge on any atom is -0.359 e. The van der Waals surface area contributed by atoms with Crippen molar-refractivity contribution in [3.05, 3.63) is 42.6 Å². The third kappa shape index (κ3) is 1.62. The van der Waals surface area contributed by atoms with Crippen molar-refractivity contribution in [1.29, 1.82) is 0 Å². The van der Waals surface area contributed by atoms with E-state index in [9.17, 15) is 9.59 Å². The van der Waals surface area contributed by atoms with Crippen LogP contribution >= 0.6 is 12.4 Å². The Labute approximate surface area is 103 Å². The summed E-state index contributed by atoms with van der Waals surface area (Å²) in [6.07, 6.45) is 4.24. The highest BCUT2D eigenvalue weighted by atomic mass is 35.5. The van der Waals surface area contributed by atoms with Crippen molar-refractivity contribution in [1.82, 2.24) is 4.98 Å². The molecule has 0 unspecified atom stereocenters. The Morgan fingerprint density at radius 3 is 2.35 bits per heavy atom. The lowest BCUT2D eigenvalue weighted by Gasteiger charge is -2.11. The van der Waals surface area contributed by atoms with Gasteiger partial charge in [0.15, 0.2) is 0 Å². The Morgan fingerprint density at radius 2 is 1.65 bits per heavy atom. The van der Waals surface area contributed by atoms with Gasteiger partial charge in [0.1, 0.15) is 0 Å². The number of para-hydroxylation sites is 1. The molecule has 2 aromatic rings. The first-order chi connectivity index (χ1) is 7.77. The van der Waals surface area contributed by atoms with Gasteiger partial charge in [-0.05, 0) is 6.07 Å². The fourth-order valence-corrected chi connectivity index (χ4v) is 1.88. The maximum Gasteiger partial charge on any atom is 0.258 e. The zero-order chi connectivity index (χ0) is 11.1. The molecule has 0 fully saturated rings. The SMILES string of the molecule is Cl.O=C1C=CC(=O)N1c1c[nH]c2ccccc12. The molecule has 0 radical (unpaired) electrons. The minimum absolute atomic E-state index is 0. The summed E-state index contributed by atoms with van der Waals surface area (Å²) in [6.45, 7) is 0. The highest BCUT2D eigenvalue weighted by Gasteiger charge is 2.26. The number of carbonyl (C=O) groups excluding carboxylic acids is 2. The van der Waals surface area contributed by atoms with E-state index in [1.54, 1.807) is 6.20 Å². The van der Waals surface area contributed by atoms with Crippen LogP contribution in [0.3, 0.4) is 0 Å². The van der Waals surface area contributed by atoms with Crippen LogP contribution in [-0.4, -0.2) is 16.8 Å². The van der Waals surface area contributed by atoms with Crippen LogP contribution in [0, 0.1) is 0 Å². The monoisotopic (exact) mass is 248 g/mol. The summed E-state index contributed by atoms with van der Waals surface area (Å²) in [6, 6.07) is 7.55. The predicted octanol–water partition coefficient (Wildman–Crippen LogP) is 2.02. The molecule has 0 bridgehead atoms. The number of H-pyrrole nitrogens is 1. The van der Waals surface area contributed by atoms with E-state index >= 15 is 0 Å². The highest BCUT2D eigenvalue weighted by Crippen LogP contribution is 2.28. The van der Waals surface area contributed by atoms with Crippen LogP contribution in [0.1, 0.15) is 0 Å². The molecule has 0 spiro atoms. The number of aromatic amines is 1. The molecule has 2 heterocycles. The summed E-state index contributed by atoms with van der Waals surface area (Å²) in [5.74, 6) is -0.593. The van der Waals surface area contributed by atoms with Crippen LogP contribution in [0.25, 0.3) is 10.9 Å². The van der Waals surface area contributed by atoms with E-state index < -0.39 is 0 Å². The van der Waals surface area contributed by atoms with Crippen molar-refractivity contribution in [2.24, 2.45) is 0 Å². The van der Waals surface area contributed by atoms with Gasteiger partial charge in [0.05, 0.1) is 5.69 Å². The van der Waals surface area contributed by atoms with Gasteiger partial charge in [0, 0.05) is 29.3 Å². The topological polar surface area (TPSA) is 53.2 Å². The van der Waals surface area contributed by atoms with Gasteiger partial charge in [-0.2, -0.15) is 0 Å². The number of aromatic nitrogens is 1. The van der Waals surface area contributed by atoms with Crippen molar-refractivity contribution >= 4 is 40.8 Å². The maximum absolute atomic E-state index is 11.5. The zero-order valence-electron chi connectivity index (χ0n) is 8.71. The molecule has 17 heavy (non-hydrogen) atoms. The second-order valence-corrected chi connectivity index (χ2v) is 3.56. The smallest absolute Gasteiger partial charge is 0.258 e. The molecule has 5 heteroatoms. The second-order valence-electron chi connectivity index (χ2n) is 3.56. The molecule has 1 N–H and O–H groups in total. The van der Waals surface area contributed by atoms with E-state index in [0.717, 1.165) is 10.9 Å². The van der Waals surface area contributed by atoms with Crippen LogP contribution in [0.4, 0.5) is 5.69 Å². The van der Waals surface area contributed by atoms with E-state index in [1.165, 1.54) is 17.1 Å². The number of hydrogen-bond donors (Lipinski definition) is 1. The number of benzene rings is 1. The molecular formula is C12H9ClN2O2. The number of rotatable bonds is 1. The normalized spacial score (nSPS) is 14.5. The molecular weight excluding hydrogens is 240 g/mol. The number of amides is 2. The van der Waals surface area contributed by atoms with Crippen molar-refractivity contribution in [2.45, 2.75) is 0 Å². The Bertz CT molecular complexity index is 612. The number of nitrogens with one attached hydrogen (secondary N) is 1. The van der Waals surface area contributed by atoms with Gasteiger partial charge in [-0.3, -0.25) is 9.59 Å². The average Bonchev–Trinajstić information content (AvgIpc) is 2.83. The Kier molecular flexibility index (Phi) is 2.73. The van der Waals surface area contributed by atoms with Gasteiger partial charge < -0.3 is 4.98 Å². The van der Waals surface area contributed by atoms with Gasteiger partial charge in [-0.25, -0.2) is 4.90 Å². The van der Waals surface area contributed by atoms with Crippen molar-refractivity contribution in [3.8, 4) is 0 Å². The van der Waals surface area contributed by atoms with Crippen LogP contribution < -0.4 is 4.90 Å². The average molecular weight is 249 g/mol. The molecule has 0 saturated carbocycles. The zero-order valence-corrected chi connectivity index (χ0v) is 9.53. The molecule has 1 aliphatic rings. The van der Waals surface area contributed by atoms with E-state index in [1.807, 2.05) is 24.3 Å². The van der Waals surface area contributed by atoms with Gasteiger partial charge in [-0.15, -0.1) is 12.4 Å². The van der Waals surface area contributed by atoms with Crippen molar-refractivity contribution in [3.63, 3.8) is 0 Å². The van der Waals surface area contributed by atoms with E-state index in [2.05, 4.69) is 4.98 Å². The lowest BCUT2D eigenvalue weighted by molar-refractivity contribution is -0.119. The van der Waals surface area contributed by atoms with E-state index in [0.29, 0.717) is 5.69 Å². The lowest BCUT2D eigenvalue weighted by Crippen LogP contribution is -2.29. The number of halogens is 1. The maximum atomic E-state index is 11.5. The number of anilines is 1. The minimum atomic E-state index is -0.297. The standard InChI is InChI=1S/C12H8N2O2.ClH/c15-11-5-6-12(16)14(11)10-7-13-9-4-2-1-3-8(9)10;/h1-7,13H;1H. The summed E-state index contributed by atoms with van der Waals surface area (Å²) in [5.41, 5.74) is 1.51. The molecule has 4 nitrogen and oxygen atoms in total. The number of imide groups is 1. The lowest BCUT2D eigenvalue weighted by atomic mass is 10.2. The van der Waals surface area contributed by atoms with Gasteiger partial charge in [-0.1, -0.05) is 18.2 Å². The number of fused-ring (bicyclic) bond motifs is 1. The molecule has 1 aromatic heterocycles. The quantitative estimate of drug-likeness (QED) is 0.785. The van der Waals surface area contributed by atoms with Gasteiger partial charge >= 0.3 is 0 Å². The Morgan fingerprint density at radius 1 is 1.00 bits per heavy atom. The third-order valence-corrected chi connectivity index (χ3v) is 2.62. The molecule has 0 aliphatic carbocycles. The van der Waals surface area contributed by atoms with Gasteiger partial charge in [0.25, 0.3) is 11.8 Å². The molecule has 86 valence electrons. The van der Waals surface area contributed by atoms with Crippen LogP contribution in [0.5, 0.6) is 0 Å². The first-order valence-electron chi connectivity index (χ1n) is 4.89. The molecule has 1 aromatic carbocycles. The highest BCUT2D eigenvalue weighted by molar-refractivity contribution is 6.30. The largest absolute Gasteiger partial charge is 0.359 e. The summed E-state index contributed by atoms with van der Waals surface area (Å²) < 4.78 is 0. The van der Waals surface area contributed by atoms with Crippen molar-refractivity contribution in [2.75, 3.05) is 4.90 Å². The summed E-state index contributed by atoms with van der Waals surface area (Å²) in [7, 11) is 0. The molecule has 1 aliphatic heterocycles.